The van der Waals surface area contributed by atoms with Gasteiger partial charge in [-0.25, -0.2) is 0 Å². The van der Waals surface area contributed by atoms with Crippen molar-refractivity contribution >= 4 is 23.1 Å². The third-order valence-electron chi connectivity index (χ3n) is 10.6. The van der Waals surface area contributed by atoms with E-state index in [0.717, 1.165) is 22.3 Å². The van der Waals surface area contributed by atoms with Gasteiger partial charge in [-0.05, 0) is 34.4 Å². The van der Waals surface area contributed by atoms with Crippen LogP contribution >= 0.6 is 0 Å². The summed E-state index contributed by atoms with van der Waals surface area (Å²) in [5.74, 6) is -3.40. The minimum atomic E-state index is -0.718. The number of hydrogen-bond donors (Lipinski definition) is 0. The second-order valence-electron chi connectivity index (χ2n) is 13.1. The lowest BCUT2D eigenvalue weighted by molar-refractivity contribution is 0.0476. The van der Waals surface area contributed by atoms with Crippen molar-refractivity contribution in [1.82, 2.24) is 0 Å². The number of carbonyl (C=O) groups excluding carboxylic acids is 4. The third kappa shape index (κ3) is 4.26. The highest BCUT2D eigenvalue weighted by molar-refractivity contribution is 6.07. The summed E-state index contributed by atoms with van der Waals surface area (Å²) in [6, 6.07) is 40.2. The van der Waals surface area contributed by atoms with Gasteiger partial charge >= 0.3 is 0 Å². The van der Waals surface area contributed by atoms with Crippen LogP contribution in [0.4, 0.5) is 0 Å². The molecular weight excluding hydrogens is 600 g/mol. The van der Waals surface area contributed by atoms with Crippen molar-refractivity contribution in [3.63, 3.8) is 0 Å². The maximum absolute atomic E-state index is 14.2. The Kier molecular flexibility index (Phi) is 6.71. The van der Waals surface area contributed by atoms with Gasteiger partial charge in [-0.15, -0.1) is 0 Å². The molecule has 4 heterocycles. The SMILES string of the molecule is O=C(c1ccccc1)[C@@H]1[C@@H](C(=O)c2ccccc2)[C@@H]2O[C@@H]1c1cc3c(cc12)[C@@H]1O[C@@H]3[C@@H](C(=O)c2ccccc2)[C@@H]1C(=O)c1ccccc1. The maximum Gasteiger partial charge on any atom is 0.169 e. The van der Waals surface area contributed by atoms with E-state index in [1.165, 1.54) is 0 Å². The van der Waals surface area contributed by atoms with Gasteiger partial charge in [0, 0.05) is 22.3 Å². The van der Waals surface area contributed by atoms with Crippen LogP contribution in [0.3, 0.4) is 0 Å². The van der Waals surface area contributed by atoms with Crippen LogP contribution < -0.4 is 0 Å². The van der Waals surface area contributed by atoms with Crippen LogP contribution in [0.1, 0.15) is 88.1 Å². The Morgan fingerprint density at radius 1 is 0.333 bits per heavy atom. The zero-order valence-corrected chi connectivity index (χ0v) is 25.8. The molecule has 6 heteroatoms. The molecule has 0 spiro atoms. The summed E-state index contributed by atoms with van der Waals surface area (Å²) >= 11 is 0. The zero-order valence-electron chi connectivity index (χ0n) is 25.8. The Hall–Kier alpha value is -5.30. The molecule has 0 saturated carbocycles. The summed E-state index contributed by atoms with van der Waals surface area (Å²) in [5.41, 5.74) is 5.51. The first-order valence-corrected chi connectivity index (χ1v) is 16.4. The molecule has 4 aliphatic heterocycles. The predicted octanol–water partition coefficient (Wildman–Crippen LogP) is 7.94. The van der Waals surface area contributed by atoms with Gasteiger partial charge in [0.25, 0.3) is 0 Å². The minimum Gasteiger partial charge on any atom is -0.364 e. The molecule has 0 amide bonds. The van der Waals surface area contributed by atoms with E-state index in [1.54, 1.807) is 48.5 Å². The van der Waals surface area contributed by atoms with Crippen molar-refractivity contribution in [2.24, 2.45) is 23.7 Å². The van der Waals surface area contributed by atoms with Crippen molar-refractivity contribution in [2.75, 3.05) is 0 Å². The maximum atomic E-state index is 14.2. The number of carbonyl (C=O) groups is 4. The van der Waals surface area contributed by atoms with Crippen LogP contribution in [0.5, 0.6) is 0 Å². The monoisotopic (exact) mass is 630 g/mol. The Balaban J connectivity index is 1.16. The van der Waals surface area contributed by atoms with Gasteiger partial charge in [0.1, 0.15) is 0 Å². The summed E-state index contributed by atoms with van der Waals surface area (Å²) in [6.45, 7) is 0. The summed E-state index contributed by atoms with van der Waals surface area (Å²) < 4.78 is 13.2. The molecule has 0 unspecified atom stereocenters. The predicted molar refractivity (Wildman–Crippen MR) is 177 cm³/mol. The van der Waals surface area contributed by atoms with Gasteiger partial charge in [-0.1, -0.05) is 121 Å². The number of Topliss-reactive ketones (excluding diaryl/α,β-unsaturated/α-hetero) is 4. The number of ketones is 4. The standard InChI is InChI=1S/C42H30O6/c43-35(23-13-5-1-6-14-23)31-32(36(44)24-15-7-2-8-16-24)40-28-22-30-29(21-27(28)39(31)47-40)41-33(37(45)25-17-9-3-10-18-25)34(42(30)48-41)38(46)26-19-11-4-12-20-26/h1-22,31-34,39-42H/t31-,32-,33+,34+,39+,40+,41-,42-. The third-order valence-corrected chi connectivity index (χ3v) is 10.6. The number of rotatable bonds is 8. The fourth-order valence-corrected chi connectivity index (χ4v) is 8.51. The minimum absolute atomic E-state index is 0.132. The number of benzene rings is 5. The molecule has 4 aliphatic rings. The molecule has 5 aromatic rings. The molecule has 0 aliphatic carbocycles. The normalized spacial score (nSPS) is 27.3. The molecule has 6 nitrogen and oxygen atoms in total. The lowest BCUT2D eigenvalue weighted by Gasteiger charge is -2.32. The second-order valence-corrected chi connectivity index (χ2v) is 13.1. The molecular formula is C42H30O6. The van der Waals surface area contributed by atoms with Crippen molar-refractivity contribution < 1.29 is 28.7 Å². The quantitative estimate of drug-likeness (QED) is 0.162. The van der Waals surface area contributed by atoms with Crippen molar-refractivity contribution in [3.8, 4) is 0 Å². The van der Waals surface area contributed by atoms with Gasteiger partial charge in [0.15, 0.2) is 23.1 Å². The Labute approximate surface area is 277 Å². The van der Waals surface area contributed by atoms with E-state index in [-0.39, 0.29) is 23.1 Å². The van der Waals surface area contributed by atoms with Crippen LogP contribution in [0.25, 0.3) is 0 Å². The zero-order chi connectivity index (χ0) is 32.5. The highest BCUT2D eigenvalue weighted by atomic mass is 16.5. The first-order chi connectivity index (χ1) is 23.5. The molecule has 2 saturated heterocycles. The smallest absolute Gasteiger partial charge is 0.169 e. The summed E-state index contributed by atoms with van der Waals surface area (Å²) in [6.07, 6.45) is -2.54. The van der Waals surface area contributed by atoms with E-state index in [0.29, 0.717) is 22.3 Å². The van der Waals surface area contributed by atoms with Gasteiger partial charge in [0.05, 0.1) is 48.1 Å². The van der Waals surface area contributed by atoms with Crippen molar-refractivity contribution in [3.05, 3.63) is 178 Å². The van der Waals surface area contributed by atoms with Crippen LogP contribution in [0.15, 0.2) is 133 Å². The first kappa shape index (κ1) is 28.9. The van der Waals surface area contributed by atoms with E-state index in [2.05, 4.69) is 0 Å². The Bertz CT molecular complexity index is 1790. The molecule has 234 valence electrons. The van der Waals surface area contributed by atoms with E-state index in [1.807, 2.05) is 84.9 Å². The van der Waals surface area contributed by atoms with Crippen molar-refractivity contribution in [2.45, 2.75) is 24.4 Å². The topological polar surface area (TPSA) is 86.7 Å². The van der Waals surface area contributed by atoms with Crippen LogP contribution in [-0.4, -0.2) is 23.1 Å². The average molecular weight is 631 g/mol. The van der Waals surface area contributed by atoms with E-state index in [4.69, 9.17) is 9.47 Å². The summed E-state index contributed by atoms with van der Waals surface area (Å²) in [7, 11) is 0. The molecule has 48 heavy (non-hydrogen) atoms. The van der Waals surface area contributed by atoms with Gasteiger partial charge < -0.3 is 9.47 Å². The van der Waals surface area contributed by atoms with Crippen LogP contribution in [0.2, 0.25) is 0 Å². The summed E-state index contributed by atoms with van der Waals surface area (Å²) in [5, 5.41) is 0. The van der Waals surface area contributed by atoms with E-state index in [9.17, 15) is 19.2 Å². The van der Waals surface area contributed by atoms with Crippen LogP contribution in [0, 0.1) is 23.7 Å². The lowest BCUT2D eigenvalue weighted by atomic mass is 9.66. The van der Waals surface area contributed by atoms with Crippen molar-refractivity contribution in [1.29, 1.82) is 0 Å². The fraction of sp³-hybridized carbons (Fsp3) is 0.190. The molecule has 0 N–H and O–H groups in total. The molecule has 8 atom stereocenters. The molecule has 0 radical (unpaired) electrons. The molecule has 9 rings (SSSR count). The molecule has 0 aromatic heterocycles. The largest absolute Gasteiger partial charge is 0.364 e. The highest BCUT2D eigenvalue weighted by Gasteiger charge is 2.62. The van der Waals surface area contributed by atoms with E-state index < -0.39 is 48.1 Å². The number of hydrogen-bond acceptors (Lipinski definition) is 6. The highest BCUT2D eigenvalue weighted by Crippen LogP contribution is 2.64. The first-order valence-electron chi connectivity index (χ1n) is 16.4. The molecule has 5 aromatic carbocycles. The van der Waals surface area contributed by atoms with E-state index >= 15 is 0 Å². The van der Waals surface area contributed by atoms with Gasteiger partial charge in [-0.2, -0.15) is 0 Å². The number of ether oxygens (including phenoxy) is 2. The van der Waals surface area contributed by atoms with Gasteiger partial charge in [0.2, 0.25) is 0 Å². The second kappa shape index (κ2) is 11.2. The Morgan fingerprint density at radius 2 is 0.542 bits per heavy atom. The van der Waals surface area contributed by atoms with Crippen LogP contribution in [-0.2, 0) is 9.47 Å². The average Bonchev–Trinajstić information content (AvgIpc) is 3.92. The number of fused-ring (bicyclic) bond motifs is 10. The molecule has 2 fully saturated rings. The fourth-order valence-electron chi connectivity index (χ4n) is 8.51. The molecule has 4 bridgehead atoms. The van der Waals surface area contributed by atoms with Gasteiger partial charge in [-0.3, -0.25) is 19.2 Å². The Morgan fingerprint density at radius 3 is 0.750 bits per heavy atom. The lowest BCUT2D eigenvalue weighted by Crippen LogP contribution is -2.36. The summed E-state index contributed by atoms with van der Waals surface area (Å²) in [4.78, 5) is 56.7.